The lowest BCUT2D eigenvalue weighted by atomic mass is 10.1. The van der Waals surface area contributed by atoms with Crippen LogP contribution in [0.2, 0.25) is 5.02 Å². The number of phenolic OH excluding ortho intramolecular Hbond substituents is 1. The van der Waals surface area contributed by atoms with Crippen LogP contribution in [0, 0.1) is 6.92 Å². The molecule has 0 unspecified atom stereocenters. The first-order valence-electron chi connectivity index (χ1n) is 8.94. The van der Waals surface area contributed by atoms with E-state index in [1.54, 1.807) is 36.4 Å². The fourth-order valence-electron chi connectivity index (χ4n) is 3.01. The third-order valence-electron chi connectivity index (χ3n) is 4.42. The summed E-state index contributed by atoms with van der Waals surface area (Å²) in [6.45, 7) is 2.36. The van der Waals surface area contributed by atoms with E-state index in [9.17, 15) is 14.7 Å². The molecule has 0 fully saturated rings. The molecule has 0 saturated carbocycles. The van der Waals surface area contributed by atoms with Gasteiger partial charge in [-0.25, -0.2) is 4.79 Å². The highest BCUT2D eigenvalue weighted by atomic mass is 35.5. The van der Waals surface area contributed by atoms with Crippen molar-refractivity contribution in [2.75, 3.05) is 7.11 Å². The average Bonchev–Trinajstić information content (AvgIpc) is 3.09. The number of aryl methyl sites for hydroxylation is 1. The van der Waals surface area contributed by atoms with Gasteiger partial charge in [0.15, 0.2) is 0 Å². The molecule has 3 rings (SSSR count). The van der Waals surface area contributed by atoms with E-state index in [-0.39, 0.29) is 11.5 Å². The Morgan fingerprint density at radius 2 is 1.86 bits per heavy atom. The fourth-order valence-corrected chi connectivity index (χ4v) is 3.18. The maximum Gasteiger partial charge on any atom is 0.338 e. The van der Waals surface area contributed by atoms with Crippen LogP contribution in [0.1, 0.15) is 37.5 Å². The highest BCUT2D eigenvalue weighted by Gasteiger charge is 2.15. The number of methoxy groups -OCH3 is 1. The normalized spacial score (nSPS) is 11.0. The van der Waals surface area contributed by atoms with Crippen LogP contribution in [0.3, 0.4) is 0 Å². The molecule has 29 heavy (non-hydrogen) atoms. The van der Waals surface area contributed by atoms with Gasteiger partial charge >= 0.3 is 5.97 Å². The van der Waals surface area contributed by atoms with E-state index in [1.807, 2.05) is 29.8 Å². The van der Waals surface area contributed by atoms with E-state index in [1.165, 1.54) is 19.2 Å². The van der Waals surface area contributed by atoms with Crippen LogP contribution >= 0.6 is 11.6 Å². The molecule has 0 aliphatic carbocycles. The second-order valence-corrected chi connectivity index (χ2v) is 6.99. The maximum atomic E-state index is 12.8. The average molecular weight is 410 g/mol. The van der Waals surface area contributed by atoms with Gasteiger partial charge in [-0.3, -0.25) is 4.79 Å². The number of hydrogen-bond donors (Lipinski definition) is 1. The minimum Gasteiger partial charge on any atom is -0.508 e. The summed E-state index contributed by atoms with van der Waals surface area (Å²) in [6, 6.07) is 13.0. The number of esters is 1. The van der Waals surface area contributed by atoms with Gasteiger partial charge < -0.3 is 14.4 Å². The molecule has 6 heteroatoms. The van der Waals surface area contributed by atoms with Gasteiger partial charge in [-0.05, 0) is 60.5 Å². The van der Waals surface area contributed by atoms with Crippen LogP contribution in [0.25, 0.3) is 6.08 Å². The molecule has 0 radical (unpaired) electrons. The number of hydrogen-bond acceptors (Lipinski definition) is 4. The Hall–Kier alpha value is -3.31. The number of aromatic hydroxyl groups is 1. The van der Waals surface area contributed by atoms with Crippen LogP contribution < -0.4 is 0 Å². The SMILES string of the molecule is COC(=O)c1cc(Cl)ccc1/C=C/Cn1cc(C)cc1C(=O)c1ccc(O)cc1. The lowest BCUT2D eigenvalue weighted by Gasteiger charge is -2.07. The van der Waals surface area contributed by atoms with E-state index in [2.05, 4.69) is 0 Å². The highest BCUT2D eigenvalue weighted by molar-refractivity contribution is 6.31. The van der Waals surface area contributed by atoms with Crippen LogP contribution in [0.4, 0.5) is 0 Å². The number of carbonyl (C=O) groups is 2. The first kappa shape index (κ1) is 20.4. The second kappa shape index (κ2) is 8.80. The zero-order chi connectivity index (χ0) is 21.0. The summed E-state index contributed by atoms with van der Waals surface area (Å²) in [4.78, 5) is 24.8. The second-order valence-electron chi connectivity index (χ2n) is 6.56. The molecule has 5 nitrogen and oxygen atoms in total. The first-order chi connectivity index (χ1) is 13.9. The molecular formula is C23H20ClNO4. The number of ketones is 1. The molecular weight excluding hydrogens is 390 g/mol. The Morgan fingerprint density at radius 1 is 1.14 bits per heavy atom. The Balaban J connectivity index is 1.85. The van der Waals surface area contributed by atoms with Crippen molar-refractivity contribution >= 4 is 29.4 Å². The molecule has 1 heterocycles. The van der Waals surface area contributed by atoms with Crippen molar-refractivity contribution in [3.8, 4) is 5.75 Å². The van der Waals surface area contributed by atoms with E-state index >= 15 is 0 Å². The third kappa shape index (κ3) is 4.76. The number of benzene rings is 2. The molecule has 148 valence electrons. The number of rotatable bonds is 6. The molecule has 3 aromatic rings. The van der Waals surface area contributed by atoms with Gasteiger partial charge in [0.1, 0.15) is 5.75 Å². The Labute approximate surface area is 173 Å². The number of ether oxygens (including phenoxy) is 1. The lowest BCUT2D eigenvalue weighted by Crippen LogP contribution is -2.09. The van der Waals surface area contributed by atoms with Gasteiger partial charge in [0.2, 0.25) is 5.78 Å². The van der Waals surface area contributed by atoms with Gasteiger partial charge in [-0.1, -0.05) is 29.8 Å². The van der Waals surface area contributed by atoms with E-state index in [0.29, 0.717) is 34.0 Å². The molecule has 1 aromatic heterocycles. The molecule has 0 atom stereocenters. The van der Waals surface area contributed by atoms with Crippen molar-refractivity contribution in [2.45, 2.75) is 13.5 Å². The van der Waals surface area contributed by atoms with Gasteiger partial charge in [-0.2, -0.15) is 0 Å². The van der Waals surface area contributed by atoms with Crippen molar-refractivity contribution in [3.05, 3.63) is 93.8 Å². The predicted octanol–water partition coefficient (Wildman–Crippen LogP) is 4.89. The zero-order valence-corrected chi connectivity index (χ0v) is 16.8. The van der Waals surface area contributed by atoms with Gasteiger partial charge in [-0.15, -0.1) is 0 Å². The summed E-state index contributed by atoms with van der Waals surface area (Å²) < 4.78 is 6.65. The highest BCUT2D eigenvalue weighted by Crippen LogP contribution is 2.20. The summed E-state index contributed by atoms with van der Waals surface area (Å²) in [5.74, 6) is -0.485. The number of allylic oxidation sites excluding steroid dienone is 1. The van der Waals surface area contributed by atoms with Crippen LogP contribution in [-0.4, -0.2) is 28.5 Å². The number of halogens is 1. The van der Waals surface area contributed by atoms with Crippen molar-refractivity contribution in [3.63, 3.8) is 0 Å². The summed E-state index contributed by atoms with van der Waals surface area (Å²) in [6.07, 6.45) is 5.55. The number of carbonyl (C=O) groups excluding carboxylic acids is 2. The molecule has 1 N–H and O–H groups in total. The quantitative estimate of drug-likeness (QED) is 0.465. The third-order valence-corrected chi connectivity index (χ3v) is 4.65. The standard InChI is InChI=1S/C23H20ClNO4/c1-15-12-21(22(27)17-6-9-19(26)10-7-17)25(14-15)11-3-4-16-5-8-18(24)13-20(16)23(28)29-2/h3-10,12-14,26H,11H2,1-2H3/b4-3+. The fraction of sp³-hybridized carbons (Fsp3) is 0.130. The van der Waals surface area contributed by atoms with Gasteiger partial charge in [0, 0.05) is 23.3 Å². The molecule has 0 bridgehead atoms. The van der Waals surface area contributed by atoms with E-state index in [4.69, 9.17) is 16.3 Å². The van der Waals surface area contributed by atoms with Crippen molar-refractivity contribution in [1.82, 2.24) is 4.57 Å². The lowest BCUT2D eigenvalue weighted by molar-refractivity contribution is 0.0600. The summed E-state index contributed by atoms with van der Waals surface area (Å²) in [7, 11) is 1.32. The maximum absolute atomic E-state index is 12.8. The van der Waals surface area contributed by atoms with Crippen LogP contribution in [0.5, 0.6) is 5.75 Å². The largest absolute Gasteiger partial charge is 0.508 e. The van der Waals surface area contributed by atoms with E-state index < -0.39 is 5.97 Å². The molecule has 2 aromatic carbocycles. The smallest absolute Gasteiger partial charge is 0.338 e. The topological polar surface area (TPSA) is 68.5 Å². The molecule has 0 aliphatic rings. The molecule has 0 spiro atoms. The Bertz CT molecular complexity index is 1080. The van der Waals surface area contributed by atoms with Crippen molar-refractivity contribution in [1.29, 1.82) is 0 Å². The molecule has 0 amide bonds. The first-order valence-corrected chi connectivity index (χ1v) is 9.31. The van der Waals surface area contributed by atoms with Crippen molar-refractivity contribution in [2.24, 2.45) is 0 Å². The van der Waals surface area contributed by atoms with Gasteiger partial charge in [0.25, 0.3) is 0 Å². The Kier molecular flexibility index (Phi) is 6.20. The number of nitrogens with zero attached hydrogens (tertiary/aromatic N) is 1. The Morgan fingerprint density at radius 3 is 2.55 bits per heavy atom. The predicted molar refractivity (Wildman–Crippen MR) is 113 cm³/mol. The number of phenols is 1. The van der Waals surface area contributed by atoms with Crippen LogP contribution in [-0.2, 0) is 11.3 Å². The zero-order valence-electron chi connectivity index (χ0n) is 16.1. The van der Waals surface area contributed by atoms with Crippen LogP contribution in [0.15, 0.2) is 60.8 Å². The summed E-state index contributed by atoms with van der Waals surface area (Å²) in [5, 5.41) is 9.87. The number of aromatic nitrogens is 1. The summed E-state index contributed by atoms with van der Waals surface area (Å²) in [5.41, 5.74) is 3.05. The minimum atomic E-state index is -0.466. The van der Waals surface area contributed by atoms with Crippen molar-refractivity contribution < 1.29 is 19.4 Å². The minimum absolute atomic E-state index is 0.112. The summed E-state index contributed by atoms with van der Waals surface area (Å²) >= 11 is 5.99. The monoisotopic (exact) mass is 409 g/mol. The molecule has 0 saturated heterocycles. The van der Waals surface area contributed by atoms with E-state index in [0.717, 1.165) is 5.56 Å². The van der Waals surface area contributed by atoms with Gasteiger partial charge in [0.05, 0.1) is 18.4 Å². The molecule has 0 aliphatic heterocycles.